The summed E-state index contributed by atoms with van der Waals surface area (Å²) in [5.41, 5.74) is 2.92. The van der Waals surface area contributed by atoms with Gasteiger partial charge in [0.15, 0.2) is 23.0 Å². The summed E-state index contributed by atoms with van der Waals surface area (Å²) < 4.78 is 33.8. The van der Waals surface area contributed by atoms with E-state index in [1.807, 2.05) is 19.1 Å². The molecule has 0 spiro atoms. The van der Waals surface area contributed by atoms with E-state index in [-0.39, 0.29) is 12.2 Å². The predicted molar refractivity (Wildman–Crippen MR) is 106 cm³/mol. The first-order valence-electron chi connectivity index (χ1n) is 9.48. The Morgan fingerprint density at radius 2 is 1.41 bits per heavy atom. The Morgan fingerprint density at radius 3 is 1.90 bits per heavy atom. The second-order valence-electron chi connectivity index (χ2n) is 7.09. The van der Waals surface area contributed by atoms with Crippen LogP contribution in [0.3, 0.4) is 0 Å². The summed E-state index contributed by atoms with van der Waals surface area (Å²) >= 11 is 0. The molecule has 2 aromatic carbocycles. The minimum atomic E-state index is 0.0769. The Hall–Kier alpha value is -2.77. The highest BCUT2D eigenvalue weighted by Gasteiger charge is 2.28. The Balaban J connectivity index is 1.84. The van der Waals surface area contributed by atoms with Gasteiger partial charge < -0.3 is 28.4 Å². The van der Waals surface area contributed by atoms with E-state index in [1.165, 1.54) is 0 Å². The maximum atomic E-state index is 11.6. The Kier molecular flexibility index (Phi) is 5.60. The van der Waals surface area contributed by atoms with Crippen LogP contribution in [0, 0.1) is 6.92 Å². The number of carbonyl (C=O) groups excluding carboxylic acids is 1. The molecule has 2 unspecified atom stereocenters. The van der Waals surface area contributed by atoms with Gasteiger partial charge in [-0.1, -0.05) is 0 Å². The van der Waals surface area contributed by atoms with Gasteiger partial charge in [-0.3, -0.25) is 4.79 Å². The van der Waals surface area contributed by atoms with E-state index in [0.29, 0.717) is 60.6 Å². The van der Waals surface area contributed by atoms with Crippen LogP contribution in [-0.2, 0) is 9.47 Å². The highest BCUT2D eigenvalue weighted by molar-refractivity contribution is 5.87. The van der Waals surface area contributed by atoms with Crippen LogP contribution in [0.1, 0.15) is 15.9 Å². The minimum Gasteiger partial charge on any atom is -0.493 e. The van der Waals surface area contributed by atoms with Gasteiger partial charge in [0.05, 0.1) is 27.4 Å². The number of aldehydes is 1. The normalized spacial score (nSPS) is 19.4. The van der Waals surface area contributed by atoms with E-state index in [0.717, 1.165) is 17.4 Å². The monoisotopic (exact) mass is 400 g/mol. The Morgan fingerprint density at radius 1 is 0.897 bits per heavy atom. The summed E-state index contributed by atoms with van der Waals surface area (Å²) in [4.78, 5) is 11.6. The van der Waals surface area contributed by atoms with Gasteiger partial charge >= 0.3 is 0 Å². The number of hydrogen-bond donors (Lipinski definition) is 0. The average molecular weight is 400 g/mol. The van der Waals surface area contributed by atoms with E-state index in [2.05, 4.69) is 0 Å². The number of methoxy groups -OCH3 is 2. The first-order valence-corrected chi connectivity index (χ1v) is 9.48. The van der Waals surface area contributed by atoms with Gasteiger partial charge in [-0.15, -0.1) is 0 Å². The number of hydrogen-bond acceptors (Lipinski definition) is 7. The molecule has 2 heterocycles. The van der Waals surface area contributed by atoms with Gasteiger partial charge in [0.2, 0.25) is 0 Å². The summed E-state index contributed by atoms with van der Waals surface area (Å²) in [7, 11) is 3.15. The van der Waals surface area contributed by atoms with E-state index in [9.17, 15) is 4.79 Å². The third kappa shape index (κ3) is 4.46. The fraction of sp³-hybridized carbons (Fsp3) is 0.409. The molecule has 0 N–H and O–H groups in total. The molecule has 0 amide bonds. The van der Waals surface area contributed by atoms with Crippen LogP contribution in [0.5, 0.6) is 23.0 Å². The molecule has 2 aromatic rings. The molecule has 29 heavy (non-hydrogen) atoms. The van der Waals surface area contributed by atoms with E-state index in [4.69, 9.17) is 28.4 Å². The van der Waals surface area contributed by atoms with Gasteiger partial charge in [0.1, 0.15) is 31.7 Å². The topological polar surface area (TPSA) is 79.1 Å². The van der Waals surface area contributed by atoms with Crippen molar-refractivity contribution in [1.29, 1.82) is 0 Å². The smallest absolute Gasteiger partial charge is 0.169 e. The second-order valence-corrected chi connectivity index (χ2v) is 7.09. The highest BCUT2D eigenvalue weighted by atomic mass is 16.6. The number of benzene rings is 2. The quantitative estimate of drug-likeness (QED) is 0.448. The third-order valence-corrected chi connectivity index (χ3v) is 4.77. The Labute approximate surface area is 169 Å². The molecule has 154 valence electrons. The largest absolute Gasteiger partial charge is 0.493 e. The van der Waals surface area contributed by atoms with Crippen molar-refractivity contribution in [3.8, 4) is 34.1 Å². The van der Waals surface area contributed by atoms with Gasteiger partial charge in [-0.25, -0.2) is 0 Å². The standard InChI is InChI=1S/C22H24O7/c1-13-4-17(21(19(5-13)24-2)28-11-15-9-26-15)18-6-14(8-23)7-20(25-3)22(18)29-12-16-10-27-16/h4-8,15-16H,9-12H2,1-3H3. The molecule has 7 nitrogen and oxygen atoms in total. The predicted octanol–water partition coefficient (Wildman–Crippen LogP) is 3.05. The molecule has 2 fully saturated rings. The van der Waals surface area contributed by atoms with Crippen molar-refractivity contribution < 1.29 is 33.2 Å². The molecule has 2 aliphatic rings. The highest BCUT2D eigenvalue weighted by Crippen LogP contribution is 2.47. The zero-order valence-electron chi connectivity index (χ0n) is 16.7. The number of aryl methyl sites for hydroxylation is 1. The lowest BCUT2D eigenvalue weighted by molar-refractivity contribution is 0.112. The Bertz CT molecular complexity index is 901. The zero-order chi connectivity index (χ0) is 20.4. The molecule has 0 saturated carbocycles. The second kappa shape index (κ2) is 8.31. The van der Waals surface area contributed by atoms with Gasteiger partial charge in [-0.2, -0.15) is 0 Å². The molecule has 0 radical (unpaired) electrons. The van der Waals surface area contributed by atoms with Crippen LogP contribution in [-0.4, -0.2) is 59.1 Å². The van der Waals surface area contributed by atoms with E-state index in [1.54, 1.807) is 26.4 Å². The molecule has 0 aromatic heterocycles. The van der Waals surface area contributed by atoms with Crippen molar-refractivity contribution >= 4 is 6.29 Å². The molecule has 4 rings (SSSR count). The molecule has 2 atom stereocenters. The SMILES string of the molecule is COc1cc(C)cc(-c2cc(C=O)cc(OC)c2OCC2CO2)c1OCC1CO1. The van der Waals surface area contributed by atoms with Gasteiger partial charge in [-0.05, 0) is 36.8 Å². The van der Waals surface area contributed by atoms with E-state index >= 15 is 0 Å². The van der Waals surface area contributed by atoms with Crippen LogP contribution in [0.15, 0.2) is 24.3 Å². The number of rotatable bonds is 10. The first-order chi connectivity index (χ1) is 14.1. The number of epoxide rings is 2. The first kappa shape index (κ1) is 19.5. The molecule has 0 aliphatic carbocycles. The van der Waals surface area contributed by atoms with Crippen molar-refractivity contribution in [2.45, 2.75) is 19.1 Å². The zero-order valence-corrected chi connectivity index (χ0v) is 16.7. The molecular weight excluding hydrogens is 376 g/mol. The lowest BCUT2D eigenvalue weighted by Gasteiger charge is -2.20. The van der Waals surface area contributed by atoms with Crippen LogP contribution >= 0.6 is 0 Å². The van der Waals surface area contributed by atoms with Gasteiger partial charge in [0.25, 0.3) is 0 Å². The lowest BCUT2D eigenvalue weighted by atomic mass is 9.98. The van der Waals surface area contributed by atoms with Crippen LogP contribution in [0.25, 0.3) is 11.1 Å². The molecule has 7 heteroatoms. The van der Waals surface area contributed by atoms with Crippen molar-refractivity contribution in [1.82, 2.24) is 0 Å². The maximum Gasteiger partial charge on any atom is 0.169 e. The van der Waals surface area contributed by atoms with Crippen molar-refractivity contribution in [2.24, 2.45) is 0 Å². The fourth-order valence-corrected chi connectivity index (χ4v) is 3.11. The van der Waals surface area contributed by atoms with Crippen LogP contribution < -0.4 is 18.9 Å². The minimum absolute atomic E-state index is 0.0769. The maximum absolute atomic E-state index is 11.6. The van der Waals surface area contributed by atoms with E-state index < -0.39 is 0 Å². The molecule has 2 saturated heterocycles. The van der Waals surface area contributed by atoms with Crippen LogP contribution in [0.4, 0.5) is 0 Å². The van der Waals surface area contributed by atoms with Crippen LogP contribution in [0.2, 0.25) is 0 Å². The lowest BCUT2D eigenvalue weighted by Crippen LogP contribution is -2.09. The summed E-state index contributed by atoms with van der Waals surface area (Å²) in [6, 6.07) is 7.32. The third-order valence-electron chi connectivity index (χ3n) is 4.77. The summed E-state index contributed by atoms with van der Waals surface area (Å²) in [6.45, 7) is 4.16. The number of ether oxygens (including phenoxy) is 6. The summed E-state index contributed by atoms with van der Waals surface area (Å²) in [5, 5.41) is 0. The van der Waals surface area contributed by atoms with Crippen molar-refractivity contribution in [3.05, 3.63) is 35.4 Å². The summed E-state index contributed by atoms with van der Waals surface area (Å²) in [5.74, 6) is 2.19. The molecule has 2 aliphatic heterocycles. The summed E-state index contributed by atoms with van der Waals surface area (Å²) in [6.07, 6.45) is 0.950. The average Bonchev–Trinajstić information content (AvgIpc) is 3.64. The fourth-order valence-electron chi connectivity index (χ4n) is 3.11. The van der Waals surface area contributed by atoms with Crippen molar-refractivity contribution in [2.75, 3.05) is 40.6 Å². The molecular formula is C22H24O7. The van der Waals surface area contributed by atoms with Crippen molar-refractivity contribution in [3.63, 3.8) is 0 Å². The number of carbonyl (C=O) groups is 1. The van der Waals surface area contributed by atoms with Gasteiger partial charge in [0, 0.05) is 16.7 Å². The molecule has 0 bridgehead atoms.